The first-order valence-corrected chi connectivity index (χ1v) is 13.9. The molecule has 2 aliphatic rings. The SMILES string of the molecule is CCn1c(C(=O)N(C2CC2)C2CC2)cc2c3c(ncn3C)c(Nc3nc(C)c(C(=O)NCCOC)s3)nc21. The van der Waals surface area contributed by atoms with E-state index in [9.17, 15) is 9.59 Å². The summed E-state index contributed by atoms with van der Waals surface area (Å²) in [6.07, 6.45) is 6.11. The molecule has 200 valence electrons. The molecule has 0 unspecified atom stereocenters. The van der Waals surface area contributed by atoms with Crippen LogP contribution in [0, 0.1) is 6.92 Å². The van der Waals surface area contributed by atoms with Gasteiger partial charge in [0, 0.05) is 44.7 Å². The average molecular weight is 537 g/mol. The number of thiazole rings is 1. The number of hydrogen-bond acceptors (Lipinski definition) is 8. The highest BCUT2D eigenvalue weighted by atomic mass is 32.1. The zero-order valence-corrected chi connectivity index (χ0v) is 22.9. The normalized spacial score (nSPS) is 15.4. The molecule has 0 saturated heterocycles. The molecule has 0 aromatic carbocycles. The summed E-state index contributed by atoms with van der Waals surface area (Å²) in [6, 6.07) is 2.72. The summed E-state index contributed by atoms with van der Waals surface area (Å²) in [5, 5.41) is 7.61. The molecule has 0 atom stereocenters. The number of hydrogen-bond donors (Lipinski definition) is 2. The van der Waals surface area contributed by atoms with Crippen molar-refractivity contribution in [1.82, 2.24) is 34.3 Å². The van der Waals surface area contributed by atoms with Gasteiger partial charge >= 0.3 is 0 Å². The number of carbonyl (C=O) groups is 2. The summed E-state index contributed by atoms with van der Waals surface area (Å²) in [5.41, 5.74) is 3.62. The van der Waals surface area contributed by atoms with Crippen LogP contribution in [0.2, 0.25) is 0 Å². The lowest BCUT2D eigenvalue weighted by molar-refractivity contribution is 0.0719. The van der Waals surface area contributed by atoms with Crippen molar-refractivity contribution in [2.45, 2.75) is 58.2 Å². The number of aromatic nitrogens is 5. The summed E-state index contributed by atoms with van der Waals surface area (Å²) in [7, 11) is 3.54. The van der Waals surface area contributed by atoms with E-state index in [0.29, 0.717) is 64.5 Å². The molecule has 0 radical (unpaired) electrons. The molecule has 4 heterocycles. The molecular formula is C26H32N8O3S. The fourth-order valence-corrected chi connectivity index (χ4v) is 5.96. The van der Waals surface area contributed by atoms with Crippen molar-refractivity contribution >= 4 is 56.2 Å². The van der Waals surface area contributed by atoms with Gasteiger partial charge in [-0.1, -0.05) is 11.3 Å². The predicted molar refractivity (Wildman–Crippen MR) is 146 cm³/mol. The van der Waals surface area contributed by atoms with E-state index in [0.717, 1.165) is 42.2 Å². The second-order valence-corrected chi connectivity index (χ2v) is 11.0. The Balaban J connectivity index is 1.39. The van der Waals surface area contributed by atoms with E-state index in [1.165, 1.54) is 11.3 Å². The van der Waals surface area contributed by atoms with Crippen LogP contribution in [0.3, 0.4) is 0 Å². The number of amides is 2. The molecule has 0 aliphatic heterocycles. The summed E-state index contributed by atoms with van der Waals surface area (Å²) in [5.74, 6) is 0.455. The first kappa shape index (κ1) is 24.8. The maximum atomic E-state index is 13.8. The third kappa shape index (κ3) is 4.31. The summed E-state index contributed by atoms with van der Waals surface area (Å²) < 4.78 is 8.98. The highest BCUT2D eigenvalue weighted by Gasteiger charge is 2.43. The van der Waals surface area contributed by atoms with E-state index in [-0.39, 0.29) is 11.8 Å². The third-order valence-electron chi connectivity index (χ3n) is 7.17. The third-order valence-corrected chi connectivity index (χ3v) is 8.24. The Morgan fingerprint density at radius 3 is 2.61 bits per heavy atom. The second kappa shape index (κ2) is 9.66. The Hall–Kier alpha value is -3.51. The first-order chi connectivity index (χ1) is 18.4. The van der Waals surface area contributed by atoms with Gasteiger partial charge in [0.05, 0.1) is 24.1 Å². The zero-order valence-electron chi connectivity index (χ0n) is 22.1. The number of aryl methyl sites for hydroxylation is 3. The van der Waals surface area contributed by atoms with Gasteiger partial charge in [0.1, 0.15) is 21.7 Å². The van der Waals surface area contributed by atoms with E-state index >= 15 is 0 Å². The monoisotopic (exact) mass is 536 g/mol. The Bertz CT molecular complexity index is 1530. The molecule has 2 saturated carbocycles. The van der Waals surface area contributed by atoms with Crippen molar-refractivity contribution in [2.75, 3.05) is 25.6 Å². The fraction of sp³-hybridized carbons (Fsp3) is 0.500. The van der Waals surface area contributed by atoms with Crippen LogP contribution in [0.4, 0.5) is 10.9 Å². The Labute approximate surface area is 224 Å². The van der Waals surface area contributed by atoms with Gasteiger partial charge in [0.15, 0.2) is 10.9 Å². The Kier molecular flexibility index (Phi) is 6.31. The minimum atomic E-state index is -0.185. The molecule has 0 spiro atoms. The quantitative estimate of drug-likeness (QED) is 0.297. The zero-order chi connectivity index (χ0) is 26.6. The minimum absolute atomic E-state index is 0.0966. The molecule has 2 aliphatic carbocycles. The molecule has 2 N–H and O–H groups in total. The van der Waals surface area contributed by atoms with Crippen molar-refractivity contribution in [2.24, 2.45) is 7.05 Å². The molecule has 2 fully saturated rings. The van der Waals surface area contributed by atoms with E-state index in [2.05, 4.69) is 25.5 Å². The van der Waals surface area contributed by atoms with Crippen LogP contribution >= 0.6 is 11.3 Å². The van der Waals surface area contributed by atoms with Crippen LogP contribution < -0.4 is 10.6 Å². The van der Waals surface area contributed by atoms with Crippen LogP contribution in [0.5, 0.6) is 0 Å². The van der Waals surface area contributed by atoms with E-state index < -0.39 is 0 Å². The topological polar surface area (TPSA) is 119 Å². The number of nitrogens with one attached hydrogen (secondary N) is 2. The van der Waals surface area contributed by atoms with E-state index in [4.69, 9.17) is 9.72 Å². The van der Waals surface area contributed by atoms with Crippen molar-refractivity contribution in [3.8, 4) is 0 Å². The van der Waals surface area contributed by atoms with Crippen molar-refractivity contribution in [3.63, 3.8) is 0 Å². The summed E-state index contributed by atoms with van der Waals surface area (Å²) in [6.45, 7) is 5.33. The molecule has 0 bridgehead atoms. The van der Waals surface area contributed by atoms with Gasteiger partial charge in [-0.05, 0) is 45.6 Å². The van der Waals surface area contributed by atoms with E-state index in [1.54, 1.807) is 13.4 Å². The fourth-order valence-electron chi connectivity index (χ4n) is 5.07. The number of nitrogens with zero attached hydrogens (tertiary/aromatic N) is 6. The number of imidazole rings is 1. The van der Waals surface area contributed by atoms with Crippen LogP contribution in [-0.4, -0.2) is 73.1 Å². The van der Waals surface area contributed by atoms with Crippen LogP contribution in [0.25, 0.3) is 22.1 Å². The summed E-state index contributed by atoms with van der Waals surface area (Å²) in [4.78, 5) is 43.2. The van der Waals surface area contributed by atoms with Crippen LogP contribution in [0.1, 0.15) is 58.5 Å². The lowest BCUT2D eigenvalue weighted by Crippen LogP contribution is -2.36. The largest absolute Gasteiger partial charge is 0.383 e. The molecule has 4 aromatic heterocycles. The number of carbonyl (C=O) groups excluding carboxylic acids is 2. The Morgan fingerprint density at radius 2 is 1.95 bits per heavy atom. The smallest absolute Gasteiger partial charge is 0.271 e. The summed E-state index contributed by atoms with van der Waals surface area (Å²) >= 11 is 1.27. The van der Waals surface area contributed by atoms with Gasteiger partial charge in [-0.2, -0.15) is 0 Å². The standard InChI is InChI=1S/C26H32N8O3S/c1-5-33-18(25(36)34(15-6-7-15)16-8-9-16)12-17-20-19(28-13-32(20)3)22(30-23(17)33)31-26-29-14(2)21(38-26)24(35)27-10-11-37-4/h12-13,15-16H,5-11H2,1-4H3,(H,27,35)(H,29,30,31). The van der Waals surface area contributed by atoms with E-state index in [1.807, 2.05) is 36.1 Å². The van der Waals surface area contributed by atoms with Crippen molar-refractivity contribution < 1.29 is 14.3 Å². The number of ether oxygens (including phenoxy) is 1. The lowest BCUT2D eigenvalue weighted by Gasteiger charge is -2.22. The Morgan fingerprint density at radius 1 is 1.21 bits per heavy atom. The van der Waals surface area contributed by atoms with Gasteiger partial charge in [0.2, 0.25) is 0 Å². The number of pyridine rings is 1. The number of rotatable bonds is 10. The van der Waals surface area contributed by atoms with Gasteiger partial charge in [-0.3, -0.25) is 9.59 Å². The van der Waals surface area contributed by atoms with Gasteiger partial charge in [0.25, 0.3) is 11.8 Å². The van der Waals surface area contributed by atoms with Crippen LogP contribution in [0.15, 0.2) is 12.4 Å². The minimum Gasteiger partial charge on any atom is -0.383 e. The molecule has 4 aromatic rings. The van der Waals surface area contributed by atoms with Gasteiger partial charge in [-0.25, -0.2) is 15.0 Å². The number of anilines is 2. The lowest BCUT2D eigenvalue weighted by atomic mass is 10.2. The van der Waals surface area contributed by atoms with Crippen molar-refractivity contribution in [1.29, 1.82) is 0 Å². The highest BCUT2D eigenvalue weighted by Crippen LogP contribution is 2.40. The molecule has 2 amide bonds. The van der Waals surface area contributed by atoms with Crippen LogP contribution in [-0.2, 0) is 18.3 Å². The van der Waals surface area contributed by atoms with Crippen molar-refractivity contribution in [3.05, 3.63) is 28.7 Å². The molecular weight excluding hydrogens is 504 g/mol. The predicted octanol–water partition coefficient (Wildman–Crippen LogP) is 3.59. The van der Waals surface area contributed by atoms with Gasteiger partial charge < -0.3 is 29.4 Å². The number of methoxy groups -OCH3 is 1. The maximum Gasteiger partial charge on any atom is 0.271 e. The second-order valence-electron chi connectivity index (χ2n) is 10.0. The molecule has 6 rings (SSSR count). The highest BCUT2D eigenvalue weighted by molar-refractivity contribution is 7.17. The van der Waals surface area contributed by atoms with Gasteiger partial charge in [-0.15, -0.1) is 0 Å². The number of fused-ring (bicyclic) bond motifs is 3. The average Bonchev–Trinajstić information content (AvgIpc) is 3.81. The molecule has 12 heteroatoms. The molecule has 38 heavy (non-hydrogen) atoms. The molecule has 11 nitrogen and oxygen atoms in total. The first-order valence-electron chi connectivity index (χ1n) is 13.1. The maximum absolute atomic E-state index is 13.8.